The highest BCUT2D eigenvalue weighted by Crippen LogP contribution is 2.33. The molecular weight excluding hydrogens is 340 g/mol. The number of anilines is 4. The molecule has 0 spiro atoms. The van der Waals surface area contributed by atoms with Crippen molar-refractivity contribution >= 4 is 23.5 Å². The Morgan fingerprint density at radius 3 is 2.15 bits per heavy atom. The average molecular weight is 366 g/mol. The molecule has 0 unspecified atom stereocenters. The van der Waals surface area contributed by atoms with Gasteiger partial charge in [-0.25, -0.2) is 0 Å². The lowest BCUT2D eigenvalue weighted by molar-refractivity contribution is 0.122. The molecule has 1 aromatic carbocycles. The van der Waals surface area contributed by atoms with Crippen LogP contribution in [0.2, 0.25) is 0 Å². The molecule has 0 saturated carbocycles. The lowest BCUT2D eigenvalue weighted by atomic mass is 10.0. The van der Waals surface area contributed by atoms with Gasteiger partial charge in [-0.05, 0) is 37.3 Å². The molecule has 142 valence electrons. The van der Waals surface area contributed by atoms with Crippen molar-refractivity contribution in [3.8, 4) is 0 Å². The number of hydrogen-bond acceptors (Lipinski definition) is 7. The van der Waals surface area contributed by atoms with E-state index in [0.29, 0.717) is 0 Å². The Labute approximate surface area is 160 Å². The molecular formula is C20H26N6O. The number of fused-ring (bicyclic) bond motifs is 1. The first-order valence-electron chi connectivity index (χ1n) is 10.1. The van der Waals surface area contributed by atoms with E-state index in [9.17, 15) is 0 Å². The molecule has 5 rings (SSSR count). The molecule has 1 aromatic heterocycles. The van der Waals surface area contributed by atoms with E-state index in [1.807, 2.05) is 0 Å². The topological polar surface area (TPSA) is 57.6 Å². The maximum absolute atomic E-state index is 5.51. The van der Waals surface area contributed by atoms with Crippen molar-refractivity contribution in [1.82, 2.24) is 15.0 Å². The summed E-state index contributed by atoms with van der Waals surface area (Å²) in [6.07, 6.45) is 4.66. The Balaban J connectivity index is 1.56. The molecule has 0 bridgehead atoms. The van der Waals surface area contributed by atoms with E-state index >= 15 is 0 Å². The Morgan fingerprint density at radius 1 is 0.704 bits per heavy atom. The summed E-state index contributed by atoms with van der Waals surface area (Å²) >= 11 is 0. The molecule has 2 fully saturated rings. The predicted molar refractivity (Wildman–Crippen MR) is 106 cm³/mol. The minimum Gasteiger partial charge on any atom is -0.378 e. The van der Waals surface area contributed by atoms with E-state index in [4.69, 9.17) is 19.7 Å². The van der Waals surface area contributed by atoms with Gasteiger partial charge in [0.2, 0.25) is 17.8 Å². The van der Waals surface area contributed by atoms with Gasteiger partial charge in [-0.3, -0.25) is 0 Å². The third-order valence-electron chi connectivity index (χ3n) is 5.63. The zero-order valence-electron chi connectivity index (χ0n) is 15.7. The SMILES string of the molecule is c1ccc2c(c1)CCCN2c1nc(N2CCCC2)nc(N2CCOCC2)n1. The van der Waals surface area contributed by atoms with Crippen LogP contribution in [0.1, 0.15) is 24.8 Å². The van der Waals surface area contributed by atoms with Gasteiger partial charge in [0.15, 0.2) is 0 Å². The van der Waals surface area contributed by atoms with Gasteiger partial charge < -0.3 is 19.4 Å². The summed E-state index contributed by atoms with van der Waals surface area (Å²) in [5, 5.41) is 0. The molecule has 0 atom stereocenters. The summed E-state index contributed by atoms with van der Waals surface area (Å²) < 4.78 is 5.51. The normalized spacial score (nSPS) is 20.1. The number of nitrogens with zero attached hydrogens (tertiary/aromatic N) is 6. The monoisotopic (exact) mass is 366 g/mol. The fourth-order valence-corrected chi connectivity index (χ4v) is 4.17. The highest BCUT2D eigenvalue weighted by atomic mass is 16.5. The Bertz CT molecular complexity index is 801. The molecule has 0 N–H and O–H groups in total. The number of aryl methyl sites for hydroxylation is 1. The predicted octanol–water partition coefficient (Wildman–Crippen LogP) is 2.39. The molecule has 2 aromatic rings. The van der Waals surface area contributed by atoms with Gasteiger partial charge >= 0.3 is 0 Å². The molecule has 7 heteroatoms. The number of para-hydroxylation sites is 1. The lowest BCUT2D eigenvalue weighted by Crippen LogP contribution is -2.38. The first kappa shape index (κ1) is 16.7. The van der Waals surface area contributed by atoms with Crippen LogP contribution in [0.5, 0.6) is 0 Å². The van der Waals surface area contributed by atoms with Crippen LogP contribution in [0.15, 0.2) is 24.3 Å². The third-order valence-corrected chi connectivity index (χ3v) is 5.63. The average Bonchev–Trinajstić information content (AvgIpc) is 3.29. The lowest BCUT2D eigenvalue weighted by Gasteiger charge is -2.32. The number of hydrogen-bond donors (Lipinski definition) is 0. The standard InChI is InChI=1S/C20H26N6O/c1-2-8-17-16(6-1)7-5-11-26(17)20-22-18(24-9-3-4-10-24)21-19(23-20)25-12-14-27-15-13-25/h1-2,6,8H,3-5,7,9-15H2. The van der Waals surface area contributed by atoms with Crippen molar-refractivity contribution in [3.05, 3.63) is 29.8 Å². The van der Waals surface area contributed by atoms with Crippen LogP contribution in [0.3, 0.4) is 0 Å². The van der Waals surface area contributed by atoms with E-state index in [0.717, 1.165) is 76.6 Å². The fraction of sp³-hybridized carbons (Fsp3) is 0.550. The number of aromatic nitrogens is 3. The van der Waals surface area contributed by atoms with Crippen LogP contribution in [0.4, 0.5) is 23.5 Å². The maximum atomic E-state index is 5.51. The van der Waals surface area contributed by atoms with Gasteiger partial charge in [-0.1, -0.05) is 18.2 Å². The highest BCUT2D eigenvalue weighted by Gasteiger charge is 2.25. The molecule has 0 amide bonds. The second-order valence-electron chi connectivity index (χ2n) is 7.41. The molecule has 4 heterocycles. The van der Waals surface area contributed by atoms with Crippen molar-refractivity contribution in [2.75, 3.05) is 60.6 Å². The van der Waals surface area contributed by atoms with E-state index in [-0.39, 0.29) is 0 Å². The number of morpholine rings is 1. The summed E-state index contributed by atoms with van der Waals surface area (Å²) in [5.74, 6) is 2.39. The van der Waals surface area contributed by atoms with E-state index in [1.54, 1.807) is 0 Å². The van der Waals surface area contributed by atoms with Gasteiger partial charge in [0, 0.05) is 38.4 Å². The summed E-state index contributed by atoms with van der Waals surface area (Å²) in [5.41, 5.74) is 2.61. The Hall–Kier alpha value is -2.41. The summed E-state index contributed by atoms with van der Waals surface area (Å²) in [7, 11) is 0. The van der Waals surface area contributed by atoms with Crippen molar-refractivity contribution in [1.29, 1.82) is 0 Å². The van der Waals surface area contributed by atoms with Gasteiger partial charge in [-0.15, -0.1) is 0 Å². The van der Waals surface area contributed by atoms with Crippen LogP contribution in [-0.4, -0.2) is 60.9 Å². The summed E-state index contributed by atoms with van der Waals surface area (Å²) in [6.45, 7) is 6.13. The smallest absolute Gasteiger partial charge is 0.236 e. The zero-order valence-corrected chi connectivity index (χ0v) is 15.7. The first-order chi connectivity index (χ1) is 13.4. The molecule has 7 nitrogen and oxygen atoms in total. The summed E-state index contributed by atoms with van der Waals surface area (Å²) in [4.78, 5) is 21.4. The van der Waals surface area contributed by atoms with Crippen molar-refractivity contribution in [3.63, 3.8) is 0 Å². The Kier molecular flexibility index (Phi) is 4.53. The van der Waals surface area contributed by atoms with Crippen LogP contribution in [0.25, 0.3) is 0 Å². The van der Waals surface area contributed by atoms with E-state index in [2.05, 4.69) is 39.0 Å². The molecule has 2 saturated heterocycles. The minimum absolute atomic E-state index is 0.729. The van der Waals surface area contributed by atoms with Gasteiger partial charge in [0.25, 0.3) is 0 Å². The van der Waals surface area contributed by atoms with Crippen LogP contribution in [-0.2, 0) is 11.2 Å². The van der Waals surface area contributed by atoms with Crippen molar-refractivity contribution < 1.29 is 4.74 Å². The van der Waals surface area contributed by atoms with E-state index in [1.165, 1.54) is 24.1 Å². The minimum atomic E-state index is 0.729. The number of ether oxygens (including phenoxy) is 1. The quantitative estimate of drug-likeness (QED) is 0.827. The Morgan fingerprint density at radius 2 is 1.37 bits per heavy atom. The maximum Gasteiger partial charge on any atom is 0.236 e. The number of benzene rings is 1. The fourth-order valence-electron chi connectivity index (χ4n) is 4.17. The highest BCUT2D eigenvalue weighted by molar-refractivity contribution is 5.64. The second kappa shape index (κ2) is 7.31. The third kappa shape index (κ3) is 3.32. The summed E-state index contributed by atoms with van der Waals surface area (Å²) in [6, 6.07) is 8.61. The van der Waals surface area contributed by atoms with E-state index < -0.39 is 0 Å². The van der Waals surface area contributed by atoms with Gasteiger partial charge in [0.05, 0.1) is 13.2 Å². The van der Waals surface area contributed by atoms with Gasteiger partial charge in [-0.2, -0.15) is 15.0 Å². The number of rotatable bonds is 3. The molecule has 0 aliphatic carbocycles. The molecule has 27 heavy (non-hydrogen) atoms. The molecule has 0 radical (unpaired) electrons. The zero-order chi connectivity index (χ0) is 18.1. The van der Waals surface area contributed by atoms with Crippen LogP contribution in [0, 0.1) is 0 Å². The first-order valence-corrected chi connectivity index (χ1v) is 10.1. The second-order valence-corrected chi connectivity index (χ2v) is 7.41. The molecule has 3 aliphatic heterocycles. The van der Waals surface area contributed by atoms with Crippen molar-refractivity contribution in [2.45, 2.75) is 25.7 Å². The van der Waals surface area contributed by atoms with Gasteiger partial charge in [0.1, 0.15) is 0 Å². The van der Waals surface area contributed by atoms with Crippen LogP contribution >= 0.6 is 0 Å². The van der Waals surface area contributed by atoms with Crippen LogP contribution < -0.4 is 14.7 Å². The van der Waals surface area contributed by atoms with Crippen molar-refractivity contribution in [2.24, 2.45) is 0 Å². The molecule has 3 aliphatic rings. The largest absolute Gasteiger partial charge is 0.378 e.